The maximum absolute atomic E-state index is 13.0. The lowest BCUT2D eigenvalue weighted by atomic mass is 9.99. The van der Waals surface area contributed by atoms with Crippen molar-refractivity contribution in [2.75, 3.05) is 19.6 Å². The van der Waals surface area contributed by atoms with E-state index < -0.39 is 24.0 Å². The number of likely N-dealkylation sites (tertiary alicyclic amines) is 1. The van der Waals surface area contributed by atoms with Gasteiger partial charge in [-0.15, -0.1) is 4.99 Å². The minimum absolute atomic E-state index is 0.0518. The number of aromatic amines is 1. The second-order valence-corrected chi connectivity index (χ2v) is 9.99. The van der Waals surface area contributed by atoms with Gasteiger partial charge in [0.25, 0.3) is 5.91 Å². The molecule has 1 saturated heterocycles. The highest BCUT2D eigenvalue weighted by atomic mass is 35.5. The number of benzene rings is 2. The molecule has 1 amide bonds. The van der Waals surface area contributed by atoms with Crippen LogP contribution < -0.4 is 10.6 Å². The van der Waals surface area contributed by atoms with Gasteiger partial charge in [-0.1, -0.05) is 35.3 Å². The summed E-state index contributed by atoms with van der Waals surface area (Å²) in [6, 6.07) is 7.37. The van der Waals surface area contributed by atoms with Crippen molar-refractivity contribution in [3.05, 3.63) is 63.3 Å². The van der Waals surface area contributed by atoms with Crippen molar-refractivity contribution in [2.45, 2.75) is 37.8 Å². The van der Waals surface area contributed by atoms with E-state index in [9.17, 15) is 19.8 Å². The van der Waals surface area contributed by atoms with Crippen LogP contribution in [-0.2, 0) is 11.2 Å². The molecule has 11 nitrogen and oxygen atoms in total. The average molecular weight is 572 g/mol. The molecule has 3 aromatic rings. The maximum Gasteiger partial charge on any atom is 0.328 e. The zero-order valence-corrected chi connectivity index (χ0v) is 22.3. The van der Waals surface area contributed by atoms with E-state index in [2.05, 4.69) is 25.8 Å². The van der Waals surface area contributed by atoms with Crippen LogP contribution in [0, 0.1) is 11.5 Å². The van der Waals surface area contributed by atoms with Crippen molar-refractivity contribution in [1.29, 1.82) is 5.26 Å². The number of aliphatic hydroxyl groups is 1. The number of aryl methyl sites for hydroxylation is 1. The van der Waals surface area contributed by atoms with Crippen LogP contribution in [0.15, 0.2) is 41.5 Å². The Hall–Kier alpha value is -3.85. The second kappa shape index (κ2) is 12.8. The van der Waals surface area contributed by atoms with Gasteiger partial charge in [-0.2, -0.15) is 10.4 Å². The summed E-state index contributed by atoms with van der Waals surface area (Å²) in [5.41, 5.74) is 2.22. The largest absolute Gasteiger partial charge is 0.480 e. The van der Waals surface area contributed by atoms with E-state index in [4.69, 9.17) is 28.5 Å². The molecule has 1 fully saturated rings. The first-order valence-electron chi connectivity index (χ1n) is 12.3. The predicted molar refractivity (Wildman–Crippen MR) is 147 cm³/mol. The Morgan fingerprint density at radius 2 is 1.92 bits per heavy atom. The van der Waals surface area contributed by atoms with Crippen LogP contribution in [-0.4, -0.2) is 68.8 Å². The first-order chi connectivity index (χ1) is 18.8. The number of nitriles is 1. The van der Waals surface area contributed by atoms with Crippen LogP contribution in [0.5, 0.6) is 0 Å². The Bertz CT molecular complexity index is 1410. The normalized spacial score (nSPS) is 15.1. The number of amides is 1. The minimum atomic E-state index is -1.34. The topological polar surface area (TPSA) is 167 Å². The number of hydrogen-bond acceptors (Lipinski definition) is 6. The summed E-state index contributed by atoms with van der Waals surface area (Å²) in [5.74, 6) is -1.76. The first-order valence-corrected chi connectivity index (χ1v) is 13.1. The number of carboxylic acids is 1. The quantitative estimate of drug-likeness (QED) is 0.148. The molecule has 0 radical (unpaired) electrons. The van der Waals surface area contributed by atoms with Crippen molar-refractivity contribution in [3.8, 4) is 6.19 Å². The number of nitrogens with one attached hydrogen (secondary N) is 3. The van der Waals surface area contributed by atoms with Gasteiger partial charge in [-0.25, -0.2) is 4.79 Å². The average Bonchev–Trinajstić information content (AvgIpc) is 3.60. The number of rotatable bonds is 9. The monoisotopic (exact) mass is 571 g/mol. The van der Waals surface area contributed by atoms with E-state index >= 15 is 0 Å². The number of carbonyl (C=O) groups is 2. The Balaban J connectivity index is 1.39. The Labute approximate surface area is 234 Å². The van der Waals surface area contributed by atoms with Gasteiger partial charge in [0, 0.05) is 25.0 Å². The Morgan fingerprint density at radius 1 is 1.21 bits per heavy atom. The molecule has 4 rings (SSSR count). The van der Waals surface area contributed by atoms with Crippen molar-refractivity contribution < 1.29 is 19.8 Å². The zero-order chi connectivity index (χ0) is 27.9. The summed E-state index contributed by atoms with van der Waals surface area (Å²) in [5, 5.41) is 42.5. The third-order valence-corrected chi connectivity index (χ3v) is 7.11. The number of aliphatic hydroxyl groups excluding tert-OH is 1. The van der Waals surface area contributed by atoms with E-state index in [1.54, 1.807) is 24.5 Å². The number of H-pyrrole nitrogens is 1. The van der Waals surface area contributed by atoms with Crippen LogP contribution >= 0.6 is 23.2 Å². The number of aromatic nitrogens is 2. The lowest BCUT2D eigenvalue weighted by Crippen LogP contribution is -2.51. The molecule has 2 aromatic carbocycles. The zero-order valence-electron chi connectivity index (χ0n) is 20.8. The number of halogens is 2. The van der Waals surface area contributed by atoms with Crippen LogP contribution in [0.2, 0.25) is 10.0 Å². The van der Waals surface area contributed by atoms with Gasteiger partial charge >= 0.3 is 5.97 Å². The van der Waals surface area contributed by atoms with Crippen molar-refractivity contribution in [3.63, 3.8) is 0 Å². The summed E-state index contributed by atoms with van der Waals surface area (Å²) in [7, 11) is 0. The molecule has 204 valence electrons. The molecule has 0 saturated carbocycles. The van der Waals surface area contributed by atoms with Crippen molar-refractivity contribution in [1.82, 2.24) is 25.7 Å². The SMILES string of the molecule is N#C/N=C(\NC[C@H](NC(=O)c1c(Cl)cc(CCC(O)c2ccc3cn[nH]c3c2)cc1Cl)C(=O)O)N1CCCC1. The Morgan fingerprint density at radius 3 is 2.59 bits per heavy atom. The molecule has 1 aromatic heterocycles. The lowest BCUT2D eigenvalue weighted by Gasteiger charge is -2.22. The fourth-order valence-corrected chi connectivity index (χ4v) is 5.14. The smallest absolute Gasteiger partial charge is 0.328 e. The summed E-state index contributed by atoms with van der Waals surface area (Å²) < 4.78 is 0. The summed E-state index contributed by atoms with van der Waals surface area (Å²) >= 11 is 12.8. The number of carboxylic acid groups (broad SMARTS) is 1. The number of aliphatic imine (C=N–C) groups is 1. The molecule has 2 atom stereocenters. The fraction of sp³-hybridized carbons (Fsp3) is 0.346. The van der Waals surface area contributed by atoms with Gasteiger partial charge in [0.15, 0.2) is 0 Å². The second-order valence-electron chi connectivity index (χ2n) is 9.18. The molecule has 2 heterocycles. The molecule has 1 unspecified atom stereocenters. The van der Waals surface area contributed by atoms with Gasteiger partial charge in [-0.3, -0.25) is 9.89 Å². The van der Waals surface area contributed by atoms with Crippen LogP contribution in [0.3, 0.4) is 0 Å². The molecular weight excluding hydrogens is 545 g/mol. The van der Waals surface area contributed by atoms with Gasteiger partial charge in [0.2, 0.25) is 12.2 Å². The van der Waals surface area contributed by atoms with E-state index in [0.717, 1.165) is 29.3 Å². The van der Waals surface area contributed by atoms with E-state index in [1.807, 2.05) is 23.1 Å². The van der Waals surface area contributed by atoms with Crippen molar-refractivity contribution in [2.24, 2.45) is 4.99 Å². The number of fused-ring (bicyclic) bond motifs is 1. The summed E-state index contributed by atoms with van der Waals surface area (Å²) in [6.07, 6.45) is 5.38. The third-order valence-electron chi connectivity index (χ3n) is 6.52. The van der Waals surface area contributed by atoms with Gasteiger partial charge < -0.3 is 25.7 Å². The van der Waals surface area contributed by atoms with E-state index in [-0.39, 0.29) is 28.1 Å². The van der Waals surface area contributed by atoms with Gasteiger partial charge in [-0.05, 0) is 55.0 Å². The number of nitrogens with zero attached hydrogens (tertiary/aromatic N) is 4. The van der Waals surface area contributed by atoms with E-state index in [1.165, 1.54) is 0 Å². The van der Waals surface area contributed by atoms with Crippen LogP contribution in [0.1, 0.15) is 46.9 Å². The fourth-order valence-electron chi connectivity index (χ4n) is 4.44. The van der Waals surface area contributed by atoms with E-state index in [0.29, 0.717) is 31.5 Å². The number of carbonyl (C=O) groups excluding carboxylic acids is 1. The first kappa shape index (κ1) is 28.2. The molecule has 13 heteroatoms. The third kappa shape index (κ3) is 6.97. The highest BCUT2D eigenvalue weighted by molar-refractivity contribution is 6.39. The maximum atomic E-state index is 13.0. The highest BCUT2D eigenvalue weighted by Gasteiger charge is 2.26. The predicted octanol–water partition coefficient (Wildman–Crippen LogP) is 3.24. The molecule has 1 aliphatic heterocycles. The standard InChI is InChI=1S/C26H27Cl2N7O4/c27-18-9-15(3-6-22(36)16-4-5-17-12-32-34-20(17)11-16)10-19(28)23(18)24(37)33-21(25(38)39)13-30-26(31-14-29)35-7-1-2-8-35/h4-5,9-12,21-22,36H,1-3,6-8,13H2,(H,30,31)(H,32,34)(H,33,37)(H,38,39)/t21-,22?/m0/s1. The van der Waals surface area contributed by atoms with Gasteiger partial charge in [0.05, 0.1) is 33.4 Å². The number of hydrogen-bond donors (Lipinski definition) is 5. The summed E-state index contributed by atoms with van der Waals surface area (Å²) in [6.45, 7) is 1.20. The molecule has 0 spiro atoms. The van der Waals surface area contributed by atoms with Crippen LogP contribution in [0.25, 0.3) is 10.9 Å². The van der Waals surface area contributed by atoms with Gasteiger partial charge in [0.1, 0.15) is 6.04 Å². The number of aliphatic carboxylic acids is 1. The molecule has 0 aliphatic carbocycles. The molecule has 5 N–H and O–H groups in total. The van der Waals surface area contributed by atoms with Crippen molar-refractivity contribution >= 4 is 51.9 Å². The minimum Gasteiger partial charge on any atom is -0.480 e. The molecule has 39 heavy (non-hydrogen) atoms. The lowest BCUT2D eigenvalue weighted by molar-refractivity contribution is -0.139. The number of guanidine groups is 1. The highest BCUT2D eigenvalue weighted by Crippen LogP contribution is 2.29. The molecular formula is C26H27Cl2N7O4. The van der Waals surface area contributed by atoms with Crippen LogP contribution in [0.4, 0.5) is 0 Å². The molecule has 0 bridgehead atoms. The Kier molecular flexibility index (Phi) is 9.24. The summed E-state index contributed by atoms with van der Waals surface area (Å²) in [4.78, 5) is 30.4. The molecule has 1 aliphatic rings.